The minimum Gasteiger partial charge on any atom is -1.00 e. The first-order valence-corrected chi connectivity index (χ1v) is 5.99. The van der Waals surface area contributed by atoms with E-state index in [0.717, 1.165) is 6.04 Å². The summed E-state index contributed by atoms with van der Waals surface area (Å²) in [4.78, 5) is 0. The van der Waals surface area contributed by atoms with E-state index in [1.165, 1.54) is 30.3 Å². The Bertz CT molecular complexity index is 269. The molecule has 3 heteroatoms. The summed E-state index contributed by atoms with van der Waals surface area (Å²) >= 11 is 1.82. The largest absolute Gasteiger partial charge is 1.00 e. The van der Waals surface area contributed by atoms with E-state index in [2.05, 4.69) is 30.9 Å². The van der Waals surface area contributed by atoms with Crippen molar-refractivity contribution in [2.75, 3.05) is 20.6 Å². The molecule has 1 aromatic heterocycles. The average molecular weight is 232 g/mol. The summed E-state index contributed by atoms with van der Waals surface area (Å²) in [5, 5.41) is 4.51. The van der Waals surface area contributed by atoms with Gasteiger partial charge in [0, 0.05) is 12.0 Å². The maximum Gasteiger partial charge on any atom is 0.115 e. The molecule has 1 aromatic rings. The van der Waals surface area contributed by atoms with E-state index in [1.54, 1.807) is 5.56 Å². The molecular weight excluding hydrogens is 214 g/mol. The zero-order valence-electron chi connectivity index (χ0n) is 8.87. The molecule has 0 spiro atoms. The fraction of sp³-hybridized carbons (Fsp3) is 0.636. The van der Waals surface area contributed by atoms with Crippen LogP contribution in [0.5, 0.6) is 0 Å². The van der Waals surface area contributed by atoms with Gasteiger partial charge < -0.3 is 16.9 Å². The van der Waals surface area contributed by atoms with Crippen LogP contribution in [0.4, 0.5) is 0 Å². The number of hydrogen-bond donors (Lipinski definition) is 0. The van der Waals surface area contributed by atoms with Crippen LogP contribution in [0.2, 0.25) is 0 Å². The van der Waals surface area contributed by atoms with Crippen LogP contribution in [0.1, 0.15) is 30.9 Å². The van der Waals surface area contributed by atoms with Crippen molar-refractivity contribution in [1.29, 1.82) is 0 Å². The topological polar surface area (TPSA) is 0 Å². The lowest BCUT2D eigenvalue weighted by molar-refractivity contribution is -0.926. The van der Waals surface area contributed by atoms with Crippen LogP contribution in [0.25, 0.3) is 0 Å². The molecule has 1 nitrogen and oxygen atoms in total. The van der Waals surface area contributed by atoms with Gasteiger partial charge in [-0.2, -0.15) is 11.3 Å². The van der Waals surface area contributed by atoms with Crippen LogP contribution < -0.4 is 12.4 Å². The molecule has 1 saturated heterocycles. The summed E-state index contributed by atoms with van der Waals surface area (Å²) in [7, 11) is 4.73. The second-order valence-corrected chi connectivity index (χ2v) is 5.35. The smallest absolute Gasteiger partial charge is 0.115 e. The van der Waals surface area contributed by atoms with E-state index in [1.807, 2.05) is 11.3 Å². The van der Waals surface area contributed by atoms with Crippen molar-refractivity contribution < 1.29 is 16.9 Å². The Kier molecular flexibility index (Phi) is 3.99. The Morgan fingerprint density at radius 2 is 2.14 bits per heavy atom. The second kappa shape index (κ2) is 4.65. The van der Waals surface area contributed by atoms with Crippen molar-refractivity contribution in [3.63, 3.8) is 0 Å². The standard InChI is InChI=1S/C11H18NS.ClH/c1-12(2)7-4-3-5-11(12)10-6-8-13-9-10;/h6,8-9,11H,3-5,7H2,1-2H3;1H/q+1;/p-1. The molecule has 80 valence electrons. The molecule has 0 aliphatic carbocycles. The molecule has 0 bridgehead atoms. The van der Waals surface area contributed by atoms with Gasteiger partial charge in [-0.05, 0) is 29.7 Å². The molecule has 2 rings (SSSR count). The SMILES string of the molecule is C[N+]1(C)CCCCC1c1ccsc1.[Cl-]. The minimum absolute atomic E-state index is 0. The molecule has 0 amide bonds. The van der Waals surface area contributed by atoms with Crippen molar-refractivity contribution >= 4 is 11.3 Å². The second-order valence-electron chi connectivity index (χ2n) is 4.57. The summed E-state index contributed by atoms with van der Waals surface area (Å²) in [5.74, 6) is 0. The maximum atomic E-state index is 2.36. The number of quaternary nitrogens is 1. The van der Waals surface area contributed by atoms with Crippen LogP contribution in [0.15, 0.2) is 16.8 Å². The van der Waals surface area contributed by atoms with Gasteiger partial charge >= 0.3 is 0 Å². The Labute approximate surface area is 96.7 Å². The van der Waals surface area contributed by atoms with Gasteiger partial charge in [0.15, 0.2) is 0 Å². The van der Waals surface area contributed by atoms with Crippen molar-refractivity contribution in [3.05, 3.63) is 22.4 Å². The summed E-state index contributed by atoms with van der Waals surface area (Å²) in [6, 6.07) is 3.04. The van der Waals surface area contributed by atoms with Gasteiger partial charge in [0.1, 0.15) is 6.04 Å². The summed E-state index contributed by atoms with van der Waals surface area (Å²) in [6.45, 7) is 1.33. The van der Waals surface area contributed by atoms with Gasteiger partial charge in [-0.1, -0.05) is 0 Å². The molecule has 0 radical (unpaired) electrons. The number of nitrogens with zero attached hydrogens (tertiary/aromatic N) is 1. The fourth-order valence-electron chi connectivity index (χ4n) is 2.40. The molecule has 1 atom stereocenters. The van der Waals surface area contributed by atoms with E-state index in [9.17, 15) is 0 Å². The molecule has 1 unspecified atom stereocenters. The first-order valence-electron chi connectivity index (χ1n) is 5.05. The maximum absolute atomic E-state index is 2.36. The predicted molar refractivity (Wildman–Crippen MR) is 57.9 cm³/mol. The number of thiophene rings is 1. The third-order valence-electron chi connectivity index (χ3n) is 3.23. The number of piperidine rings is 1. The predicted octanol–water partition coefficient (Wildman–Crippen LogP) is 0.0535. The van der Waals surface area contributed by atoms with Crippen LogP contribution in [0.3, 0.4) is 0 Å². The Morgan fingerprint density at radius 1 is 1.36 bits per heavy atom. The van der Waals surface area contributed by atoms with E-state index in [0.29, 0.717) is 0 Å². The number of hydrogen-bond acceptors (Lipinski definition) is 1. The average Bonchev–Trinajstić information content (AvgIpc) is 2.55. The number of rotatable bonds is 1. The molecule has 0 saturated carbocycles. The zero-order valence-corrected chi connectivity index (χ0v) is 10.4. The third-order valence-corrected chi connectivity index (χ3v) is 3.94. The Hall–Kier alpha value is -0.0500. The molecule has 2 heterocycles. The van der Waals surface area contributed by atoms with E-state index in [-0.39, 0.29) is 12.4 Å². The Morgan fingerprint density at radius 3 is 2.71 bits per heavy atom. The van der Waals surface area contributed by atoms with Crippen LogP contribution in [0, 0.1) is 0 Å². The summed E-state index contributed by atoms with van der Waals surface area (Å²) in [5.41, 5.74) is 1.55. The highest BCUT2D eigenvalue weighted by Gasteiger charge is 2.32. The van der Waals surface area contributed by atoms with E-state index >= 15 is 0 Å². The Balaban J connectivity index is 0.000000980. The van der Waals surface area contributed by atoms with Crippen molar-refractivity contribution in [2.24, 2.45) is 0 Å². The van der Waals surface area contributed by atoms with Crippen molar-refractivity contribution in [2.45, 2.75) is 25.3 Å². The molecule has 1 fully saturated rings. The van der Waals surface area contributed by atoms with Gasteiger partial charge in [0.25, 0.3) is 0 Å². The normalized spacial score (nSPS) is 25.4. The lowest BCUT2D eigenvalue weighted by Crippen LogP contribution is -3.00. The van der Waals surface area contributed by atoms with Crippen LogP contribution >= 0.6 is 11.3 Å². The van der Waals surface area contributed by atoms with E-state index < -0.39 is 0 Å². The first kappa shape index (κ1) is 12.0. The lowest BCUT2D eigenvalue weighted by Gasteiger charge is -2.41. The third kappa shape index (κ3) is 2.30. The van der Waals surface area contributed by atoms with Gasteiger partial charge in [-0.25, -0.2) is 0 Å². The van der Waals surface area contributed by atoms with Crippen LogP contribution in [-0.4, -0.2) is 25.1 Å². The van der Waals surface area contributed by atoms with Gasteiger partial charge in [0.2, 0.25) is 0 Å². The fourth-order valence-corrected chi connectivity index (χ4v) is 3.10. The van der Waals surface area contributed by atoms with Gasteiger partial charge in [-0.3, -0.25) is 0 Å². The highest BCUT2D eigenvalue weighted by atomic mass is 35.5. The first-order chi connectivity index (χ1) is 6.20. The molecule has 1 aliphatic rings. The zero-order chi connectivity index (χ0) is 9.31. The highest BCUT2D eigenvalue weighted by Crippen LogP contribution is 2.35. The summed E-state index contributed by atoms with van der Waals surface area (Å²) in [6.07, 6.45) is 4.17. The highest BCUT2D eigenvalue weighted by molar-refractivity contribution is 7.07. The molecule has 0 N–H and O–H groups in total. The van der Waals surface area contributed by atoms with Crippen molar-refractivity contribution in [1.82, 2.24) is 0 Å². The summed E-state index contributed by atoms with van der Waals surface area (Å²) < 4.78 is 1.18. The van der Waals surface area contributed by atoms with Gasteiger partial charge in [-0.15, -0.1) is 0 Å². The molecule has 14 heavy (non-hydrogen) atoms. The lowest BCUT2D eigenvalue weighted by atomic mass is 9.96. The monoisotopic (exact) mass is 231 g/mol. The number of likely N-dealkylation sites (tertiary alicyclic amines) is 1. The molecular formula is C11H18ClNS. The van der Waals surface area contributed by atoms with Crippen molar-refractivity contribution in [3.8, 4) is 0 Å². The minimum atomic E-state index is 0. The molecule has 1 aliphatic heterocycles. The van der Waals surface area contributed by atoms with Gasteiger partial charge in [0.05, 0.1) is 20.6 Å². The number of halogens is 1. The van der Waals surface area contributed by atoms with Crippen LogP contribution in [-0.2, 0) is 0 Å². The quantitative estimate of drug-likeness (QED) is 0.600. The molecule has 0 aromatic carbocycles. The van der Waals surface area contributed by atoms with E-state index in [4.69, 9.17) is 0 Å².